The lowest BCUT2D eigenvalue weighted by Gasteiger charge is -2.30. The van der Waals surface area contributed by atoms with Gasteiger partial charge in [0.1, 0.15) is 11.6 Å². The lowest BCUT2D eigenvalue weighted by Crippen LogP contribution is -2.50. The Kier molecular flexibility index (Phi) is 2.42. The summed E-state index contributed by atoms with van der Waals surface area (Å²) in [5.41, 5.74) is -0.641. The van der Waals surface area contributed by atoms with E-state index in [1.54, 1.807) is 4.90 Å². The monoisotopic (exact) mass is 213 g/mol. The Labute approximate surface area is 88.0 Å². The number of rotatable bonds is 2. The number of ether oxygens (including phenoxy) is 1. The molecule has 0 aromatic carbocycles. The Bertz CT molecular complexity index is 304. The topological polar surface area (TPSA) is 66.8 Å². The predicted molar refractivity (Wildman–Crippen MR) is 51.3 cm³/mol. The predicted octanol–water partition coefficient (Wildman–Crippen LogP) is 0.241. The minimum atomic E-state index is -0.831. The molecule has 2 saturated heterocycles. The third-order valence-electron chi connectivity index (χ3n) is 3.60. The molecule has 15 heavy (non-hydrogen) atoms. The van der Waals surface area contributed by atoms with Crippen LogP contribution in [-0.4, -0.2) is 47.2 Å². The van der Waals surface area contributed by atoms with Crippen LogP contribution in [0.25, 0.3) is 0 Å². The molecule has 0 bridgehead atoms. The molecule has 2 atom stereocenters. The van der Waals surface area contributed by atoms with Gasteiger partial charge < -0.3 is 9.84 Å². The van der Waals surface area contributed by atoms with Crippen LogP contribution in [0.2, 0.25) is 0 Å². The number of aliphatic carboxylic acids is 1. The number of hydrogen-bond acceptors (Lipinski definition) is 4. The van der Waals surface area contributed by atoms with Crippen LogP contribution in [0.4, 0.5) is 0 Å². The smallest absolute Gasteiger partial charge is 0.326 e. The molecule has 0 aliphatic carbocycles. The normalized spacial score (nSPS) is 35.1. The molecule has 5 nitrogen and oxygen atoms in total. The third kappa shape index (κ3) is 1.33. The summed E-state index contributed by atoms with van der Waals surface area (Å²) < 4.78 is 4.79. The molecule has 0 radical (unpaired) electrons. The molecule has 84 valence electrons. The lowest BCUT2D eigenvalue weighted by molar-refractivity contribution is -0.154. The maximum Gasteiger partial charge on any atom is 0.326 e. The highest BCUT2D eigenvalue weighted by molar-refractivity contribution is 5.84. The van der Waals surface area contributed by atoms with Crippen molar-refractivity contribution in [2.24, 2.45) is 0 Å². The van der Waals surface area contributed by atoms with Gasteiger partial charge in [-0.25, -0.2) is 0 Å². The number of nitrogens with zero attached hydrogens (tertiary/aromatic N) is 1. The van der Waals surface area contributed by atoms with Crippen molar-refractivity contribution in [2.75, 3.05) is 13.7 Å². The summed E-state index contributed by atoms with van der Waals surface area (Å²) in [5.74, 6) is -1.11. The molecular weight excluding hydrogens is 198 g/mol. The van der Waals surface area contributed by atoms with E-state index in [1.807, 2.05) is 0 Å². The molecule has 0 saturated carbocycles. The summed E-state index contributed by atoms with van der Waals surface area (Å²) >= 11 is 0. The van der Waals surface area contributed by atoms with Gasteiger partial charge in [0.2, 0.25) is 0 Å². The Morgan fingerprint density at radius 3 is 2.80 bits per heavy atom. The Morgan fingerprint density at radius 2 is 2.20 bits per heavy atom. The number of carboxylic acids is 1. The lowest BCUT2D eigenvalue weighted by atomic mass is 9.94. The number of carboxylic acid groups (broad SMARTS) is 1. The van der Waals surface area contributed by atoms with Gasteiger partial charge in [-0.15, -0.1) is 0 Å². The van der Waals surface area contributed by atoms with Crippen LogP contribution in [0, 0.1) is 0 Å². The van der Waals surface area contributed by atoms with Crippen LogP contribution < -0.4 is 0 Å². The maximum absolute atomic E-state index is 11.7. The average molecular weight is 213 g/mol. The van der Waals surface area contributed by atoms with Crippen molar-refractivity contribution in [3.05, 3.63) is 0 Å². The first-order valence-corrected chi connectivity index (χ1v) is 5.20. The summed E-state index contributed by atoms with van der Waals surface area (Å²) in [5, 5.41) is 9.04. The summed E-state index contributed by atoms with van der Waals surface area (Å²) in [6.07, 6.45) is 2.75. The fraction of sp³-hybridized carbons (Fsp3) is 0.800. The number of carbonyl (C=O) groups is 2. The largest absolute Gasteiger partial charge is 0.480 e. The Morgan fingerprint density at radius 1 is 1.47 bits per heavy atom. The van der Waals surface area contributed by atoms with Gasteiger partial charge in [-0.05, 0) is 25.7 Å². The van der Waals surface area contributed by atoms with Gasteiger partial charge >= 0.3 is 11.9 Å². The maximum atomic E-state index is 11.7. The average Bonchev–Trinajstić information content (AvgIpc) is 2.73. The molecule has 5 heteroatoms. The van der Waals surface area contributed by atoms with Crippen molar-refractivity contribution in [3.63, 3.8) is 0 Å². The van der Waals surface area contributed by atoms with Gasteiger partial charge in [0.15, 0.2) is 0 Å². The standard InChI is InChI=1S/C10H15NO4/c1-15-9(14)10-4-2-6-11(10)7(3-5-10)8(12)13/h7H,2-6H2,1H3,(H,12,13)/t7-,10-/m1/s1. The molecule has 2 aliphatic heterocycles. The molecule has 2 fully saturated rings. The van der Waals surface area contributed by atoms with Crippen LogP contribution in [0.5, 0.6) is 0 Å². The fourth-order valence-electron chi connectivity index (χ4n) is 2.92. The highest BCUT2D eigenvalue weighted by Gasteiger charge is 2.56. The van der Waals surface area contributed by atoms with Crippen molar-refractivity contribution in [2.45, 2.75) is 37.3 Å². The first-order chi connectivity index (χ1) is 7.12. The van der Waals surface area contributed by atoms with E-state index in [-0.39, 0.29) is 5.97 Å². The van der Waals surface area contributed by atoms with E-state index in [0.717, 1.165) is 12.8 Å². The first kappa shape index (κ1) is 10.4. The van der Waals surface area contributed by atoms with Crippen molar-refractivity contribution >= 4 is 11.9 Å². The van der Waals surface area contributed by atoms with Gasteiger partial charge in [0, 0.05) is 6.54 Å². The van der Waals surface area contributed by atoms with Gasteiger partial charge in [0.05, 0.1) is 7.11 Å². The third-order valence-corrected chi connectivity index (χ3v) is 3.60. The zero-order valence-corrected chi connectivity index (χ0v) is 8.73. The second-order valence-corrected chi connectivity index (χ2v) is 4.21. The molecule has 2 aliphatic rings. The van der Waals surface area contributed by atoms with E-state index < -0.39 is 17.6 Å². The van der Waals surface area contributed by atoms with Gasteiger partial charge in [-0.1, -0.05) is 0 Å². The molecule has 0 unspecified atom stereocenters. The minimum Gasteiger partial charge on any atom is -0.480 e. The van der Waals surface area contributed by atoms with Crippen molar-refractivity contribution in [3.8, 4) is 0 Å². The molecule has 0 aromatic heterocycles. The molecule has 1 N–H and O–H groups in total. The Hall–Kier alpha value is -1.10. The number of carbonyl (C=O) groups excluding carboxylic acids is 1. The summed E-state index contributed by atoms with van der Waals surface area (Å²) in [7, 11) is 1.36. The summed E-state index contributed by atoms with van der Waals surface area (Å²) in [4.78, 5) is 24.5. The van der Waals surface area contributed by atoms with Crippen molar-refractivity contribution in [1.82, 2.24) is 4.90 Å². The molecular formula is C10H15NO4. The summed E-state index contributed by atoms with van der Waals surface area (Å²) in [6, 6.07) is -0.508. The van der Waals surface area contributed by atoms with Crippen molar-refractivity contribution in [1.29, 1.82) is 0 Å². The summed E-state index contributed by atoms with van der Waals surface area (Å²) in [6.45, 7) is 0.687. The minimum absolute atomic E-state index is 0.274. The van der Waals surface area contributed by atoms with Gasteiger partial charge in [-0.3, -0.25) is 14.5 Å². The number of esters is 1. The second kappa shape index (κ2) is 3.48. The zero-order chi connectivity index (χ0) is 11.1. The van der Waals surface area contributed by atoms with Crippen LogP contribution in [-0.2, 0) is 14.3 Å². The SMILES string of the molecule is COC(=O)[C@]12CCCN1[C@@H](C(=O)O)CC2. The first-order valence-electron chi connectivity index (χ1n) is 5.20. The quantitative estimate of drug-likeness (QED) is 0.665. The van der Waals surface area contributed by atoms with Crippen LogP contribution in [0.1, 0.15) is 25.7 Å². The zero-order valence-electron chi connectivity index (χ0n) is 8.73. The van der Waals surface area contributed by atoms with Gasteiger partial charge in [0.25, 0.3) is 0 Å². The van der Waals surface area contributed by atoms with E-state index in [2.05, 4.69) is 0 Å². The highest BCUT2D eigenvalue weighted by Crippen LogP contribution is 2.43. The van der Waals surface area contributed by atoms with E-state index in [0.29, 0.717) is 19.4 Å². The van der Waals surface area contributed by atoms with E-state index >= 15 is 0 Å². The molecule has 0 spiro atoms. The molecule has 0 amide bonds. The van der Waals surface area contributed by atoms with Crippen molar-refractivity contribution < 1.29 is 19.4 Å². The van der Waals surface area contributed by atoms with E-state index in [4.69, 9.17) is 9.84 Å². The fourth-order valence-corrected chi connectivity index (χ4v) is 2.92. The Balaban J connectivity index is 2.26. The van der Waals surface area contributed by atoms with Gasteiger partial charge in [-0.2, -0.15) is 0 Å². The molecule has 2 rings (SSSR count). The van der Waals surface area contributed by atoms with Crippen LogP contribution in [0.3, 0.4) is 0 Å². The number of fused-ring (bicyclic) bond motifs is 1. The van der Waals surface area contributed by atoms with E-state index in [9.17, 15) is 9.59 Å². The van der Waals surface area contributed by atoms with Crippen LogP contribution >= 0.6 is 0 Å². The number of methoxy groups -OCH3 is 1. The molecule has 2 heterocycles. The molecule has 0 aromatic rings. The van der Waals surface area contributed by atoms with E-state index in [1.165, 1.54) is 7.11 Å². The van der Waals surface area contributed by atoms with Crippen LogP contribution in [0.15, 0.2) is 0 Å². The highest BCUT2D eigenvalue weighted by atomic mass is 16.5. The number of hydrogen-bond donors (Lipinski definition) is 1. The second-order valence-electron chi connectivity index (χ2n) is 4.21.